The van der Waals surface area contributed by atoms with Gasteiger partial charge in [-0.05, 0) is 95.8 Å². The van der Waals surface area contributed by atoms with E-state index in [-0.39, 0.29) is 5.41 Å². The van der Waals surface area contributed by atoms with Crippen LogP contribution in [0, 0.1) is 20.8 Å². The summed E-state index contributed by atoms with van der Waals surface area (Å²) in [6.07, 6.45) is 7.41. The lowest BCUT2D eigenvalue weighted by Gasteiger charge is -2.33. The normalized spacial score (nSPS) is 13.5. The Kier molecular flexibility index (Phi) is 6.89. The average Bonchev–Trinajstić information content (AvgIpc) is 3.15. The van der Waals surface area contributed by atoms with Crippen LogP contribution >= 0.6 is 0 Å². The van der Waals surface area contributed by atoms with Crippen LogP contribution in [0.1, 0.15) is 80.2 Å². The van der Waals surface area contributed by atoms with Crippen LogP contribution in [0.2, 0.25) is 0 Å². The second-order valence-corrected chi connectivity index (χ2v) is 11.0. The maximum Gasteiger partial charge on any atom is 0.0215 e. The molecule has 0 aromatic heterocycles. The summed E-state index contributed by atoms with van der Waals surface area (Å²) < 4.78 is 0. The quantitative estimate of drug-likeness (QED) is 0.239. The number of benzene rings is 4. The second-order valence-electron chi connectivity index (χ2n) is 11.0. The summed E-state index contributed by atoms with van der Waals surface area (Å²) in [5, 5.41) is 0. The van der Waals surface area contributed by atoms with Gasteiger partial charge in [0.05, 0.1) is 0 Å². The molecule has 1 aliphatic rings. The van der Waals surface area contributed by atoms with Crippen molar-refractivity contribution in [2.75, 3.05) is 0 Å². The van der Waals surface area contributed by atoms with Crippen LogP contribution < -0.4 is 0 Å². The van der Waals surface area contributed by atoms with Gasteiger partial charge < -0.3 is 0 Å². The highest BCUT2D eigenvalue weighted by molar-refractivity contribution is 5.86. The molecule has 4 aromatic carbocycles. The number of aryl methyl sites for hydroxylation is 3. The van der Waals surface area contributed by atoms with Crippen molar-refractivity contribution in [3.05, 3.63) is 107 Å². The van der Waals surface area contributed by atoms with Crippen LogP contribution in [-0.4, -0.2) is 0 Å². The third-order valence-electron chi connectivity index (χ3n) is 8.35. The van der Waals surface area contributed by atoms with Crippen molar-refractivity contribution in [3.63, 3.8) is 0 Å². The first-order valence-corrected chi connectivity index (χ1v) is 13.9. The van der Waals surface area contributed by atoms with Crippen molar-refractivity contribution in [1.82, 2.24) is 0 Å². The van der Waals surface area contributed by atoms with E-state index in [2.05, 4.69) is 113 Å². The topological polar surface area (TPSA) is 0 Å². The van der Waals surface area contributed by atoms with Crippen molar-refractivity contribution < 1.29 is 0 Å². The minimum Gasteiger partial charge on any atom is -0.0654 e. The molecule has 0 N–H and O–H groups in total. The first kappa shape index (κ1) is 24.6. The van der Waals surface area contributed by atoms with Crippen LogP contribution in [0.5, 0.6) is 0 Å². The van der Waals surface area contributed by atoms with Gasteiger partial charge >= 0.3 is 0 Å². The van der Waals surface area contributed by atoms with Gasteiger partial charge in [-0.3, -0.25) is 0 Å². The summed E-state index contributed by atoms with van der Waals surface area (Å²) in [7, 11) is 0. The largest absolute Gasteiger partial charge is 0.0654 e. The van der Waals surface area contributed by atoms with Gasteiger partial charge in [0.25, 0.3) is 0 Å². The highest BCUT2D eigenvalue weighted by Crippen LogP contribution is 2.55. The van der Waals surface area contributed by atoms with Crippen LogP contribution in [0.3, 0.4) is 0 Å². The molecule has 0 spiro atoms. The molecule has 0 bridgehead atoms. The van der Waals surface area contributed by atoms with Gasteiger partial charge in [-0.25, -0.2) is 0 Å². The standard InChI is InChI=1S/C36H40/c1-6-8-20-36(21-9-7-2)34-23-29(28-13-10-25(3)11-14-28)15-18-32(34)33-19-16-30(24-35(33)36)31-17-12-26(4)22-27(31)5/h10-19,22-24H,6-9,20-21H2,1-5H3. The molecule has 0 saturated carbocycles. The molecule has 0 saturated heterocycles. The van der Waals surface area contributed by atoms with Gasteiger partial charge in [-0.2, -0.15) is 0 Å². The Balaban J connectivity index is 1.71. The lowest BCUT2D eigenvalue weighted by molar-refractivity contribution is 0.414. The smallest absolute Gasteiger partial charge is 0.0215 e. The predicted molar refractivity (Wildman–Crippen MR) is 157 cm³/mol. The second kappa shape index (κ2) is 10.1. The van der Waals surface area contributed by atoms with E-state index in [1.807, 2.05) is 0 Å². The van der Waals surface area contributed by atoms with E-state index in [0.29, 0.717) is 0 Å². The lowest BCUT2D eigenvalue weighted by Crippen LogP contribution is -2.25. The maximum atomic E-state index is 2.55. The molecule has 0 unspecified atom stereocenters. The summed E-state index contributed by atoms with van der Waals surface area (Å²) in [5.41, 5.74) is 15.5. The third-order valence-corrected chi connectivity index (χ3v) is 8.35. The zero-order chi connectivity index (χ0) is 25.3. The summed E-state index contributed by atoms with van der Waals surface area (Å²) in [6.45, 7) is 11.3. The molecule has 184 valence electrons. The number of unbranched alkanes of at least 4 members (excludes halogenated alkanes) is 2. The molecule has 0 amide bonds. The number of fused-ring (bicyclic) bond motifs is 3. The monoisotopic (exact) mass is 472 g/mol. The van der Waals surface area contributed by atoms with Gasteiger partial charge in [0.1, 0.15) is 0 Å². The molecule has 0 aliphatic heterocycles. The van der Waals surface area contributed by atoms with Crippen LogP contribution in [0.25, 0.3) is 33.4 Å². The first-order chi connectivity index (χ1) is 17.5. The summed E-state index contributed by atoms with van der Waals surface area (Å²) in [5.74, 6) is 0. The van der Waals surface area contributed by atoms with Gasteiger partial charge in [0, 0.05) is 5.41 Å². The molecule has 1 aliphatic carbocycles. The minimum absolute atomic E-state index is 0.0893. The van der Waals surface area contributed by atoms with E-state index in [1.165, 1.54) is 88.6 Å². The molecule has 0 atom stereocenters. The van der Waals surface area contributed by atoms with Crippen LogP contribution in [0.4, 0.5) is 0 Å². The average molecular weight is 473 g/mol. The van der Waals surface area contributed by atoms with E-state index in [4.69, 9.17) is 0 Å². The molecule has 4 aromatic rings. The van der Waals surface area contributed by atoms with Crippen molar-refractivity contribution >= 4 is 0 Å². The molecule has 0 nitrogen and oxygen atoms in total. The zero-order valence-electron chi connectivity index (χ0n) is 22.7. The van der Waals surface area contributed by atoms with Crippen molar-refractivity contribution in [2.24, 2.45) is 0 Å². The van der Waals surface area contributed by atoms with Crippen molar-refractivity contribution in [3.8, 4) is 33.4 Å². The fourth-order valence-electron chi connectivity index (χ4n) is 6.35. The van der Waals surface area contributed by atoms with Crippen LogP contribution in [-0.2, 0) is 5.41 Å². The maximum absolute atomic E-state index is 2.55. The van der Waals surface area contributed by atoms with Crippen molar-refractivity contribution in [2.45, 2.75) is 78.6 Å². The Bertz CT molecular complexity index is 1360. The molecular weight excluding hydrogens is 432 g/mol. The molecule has 0 heteroatoms. The Hall–Kier alpha value is -3.12. The van der Waals surface area contributed by atoms with Gasteiger partial charge in [0.2, 0.25) is 0 Å². The molecular formula is C36H40. The molecule has 0 radical (unpaired) electrons. The summed E-state index contributed by atoms with van der Waals surface area (Å²) in [4.78, 5) is 0. The van der Waals surface area contributed by atoms with Crippen LogP contribution in [0.15, 0.2) is 78.9 Å². The highest BCUT2D eigenvalue weighted by atomic mass is 14.4. The third kappa shape index (κ3) is 4.32. The molecule has 0 fully saturated rings. The Morgan fingerprint density at radius 3 is 1.58 bits per heavy atom. The fourth-order valence-corrected chi connectivity index (χ4v) is 6.35. The van der Waals surface area contributed by atoms with E-state index in [9.17, 15) is 0 Å². The highest BCUT2D eigenvalue weighted by Gasteiger charge is 2.42. The van der Waals surface area contributed by atoms with Gasteiger partial charge in [-0.15, -0.1) is 0 Å². The fraction of sp³-hybridized carbons (Fsp3) is 0.333. The van der Waals surface area contributed by atoms with Crippen molar-refractivity contribution in [1.29, 1.82) is 0 Å². The van der Waals surface area contributed by atoms with Gasteiger partial charge in [0.15, 0.2) is 0 Å². The molecule has 5 rings (SSSR count). The summed E-state index contributed by atoms with van der Waals surface area (Å²) in [6, 6.07) is 30.5. The Labute approximate surface area is 218 Å². The lowest BCUT2D eigenvalue weighted by atomic mass is 9.70. The summed E-state index contributed by atoms with van der Waals surface area (Å²) >= 11 is 0. The minimum atomic E-state index is 0.0893. The van der Waals surface area contributed by atoms with E-state index in [0.717, 1.165) is 0 Å². The van der Waals surface area contributed by atoms with E-state index >= 15 is 0 Å². The Morgan fingerprint density at radius 1 is 0.500 bits per heavy atom. The van der Waals surface area contributed by atoms with E-state index < -0.39 is 0 Å². The molecule has 36 heavy (non-hydrogen) atoms. The predicted octanol–water partition coefficient (Wildman–Crippen LogP) is 10.6. The first-order valence-electron chi connectivity index (χ1n) is 13.9. The SMILES string of the molecule is CCCCC1(CCCC)c2cc(-c3ccc(C)cc3)ccc2-c2ccc(-c3ccc(C)cc3C)cc21. The number of hydrogen-bond acceptors (Lipinski definition) is 0. The molecule has 0 heterocycles. The zero-order valence-corrected chi connectivity index (χ0v) is 22.7. The van der Waals surface area contributed by atoms with E-state index in [1.54, 1.807) is 11.1 Å². The number of hydrogen-bond donors (Lipinski definition) is 0. The Morgan fingerprint density at radius 2 is 1.00 bits per heavy atom. The number of rotatable bonds is 8. The van der Waals surface area contributed by atoms with Gasteiger partial charge in [-0.1, -0.05) is 117 Å².